The fraction of sp³-hybridized carbons (Fsp3) is 0.174. The van der Waals surface area contributed by atoms with Gasteiger partial charge in [0, 0.05) is 16.5 Å². The number of aliphatic hydroxyl groups is 1. The molecular weight excluding hydrogens is 406 g/mol. The van der Waals surface area contributed by atoms with E-state index in [1.807, 2.05) is 66.7 Å². The second-order valence-corrected chi connectivity index (χ2v) is 7.98. The molecule has 0 aliphatic rings. The van der Waals surface area contributed by atoms with Crippen LogP contribution in [-0.4, -0.2) is 29.1 Å². The first-order valence-corrected chi connectivity index (χ1v) is 10.3. The summed E-state index contributed by atoms with van der Waals surface area (Å²) in [6.45, 7) is 0.555. The number of carbonyl (C=O) groups excluding carboxylic acids is 1. The Balaban J connectivity index is 1.87. The van der Waals surface area contributed by atoms with Gasteiger partial charge in [0.15, 0.2) is 0 Å². The van der Waals surface area contributed by atoms with Crippen molar-refractivity contribution in [1.82, 2.24) is 4.31 Å². The molecule has 6 heteroatoms. The monoisotopic (exact) mass is 427 g/mol. The van der Waals surface area contributed by atoms with Crippen LogP contribution < -0.4 is 0 Å². The standard InChI is InChI=1S/C23H22ClNO3S/c1-28-23(27)19-9-7-17(8-10-19)15-25(29-21-13-11-20(24)12-14-21)22(16-26)18-5-3-2-4-6-18/h2-14,22,26H,15-16H2,1H3. The predicted molar refractivity (Wildman–Crippen MR) is 117 cm³/mol. The van der Waals surface area contributed by atoms with Crippen molar-refractivity contribution in [1.29, 1.82) is 0 Å². The topological polar surface area (TPSA) is 49.8 Å². The molecule has 0 spiro atoms. The summed E-state index contributed by atoms with van der Waals surface area (Å²) in [6, 6.07) is 24.6. The number of rotatable bonds is 8. The minimum atomic E-state index is -0.360. The van der Waals surface area contributed by atoms with Crippen LogP contribution in [0, 0.1) is 0 Å². The molecule has 0 bridgehead atoms. The highest BCUT2D eigenvalue weighted by molar-refractivity contribution is 7.97. The first-order valence-electron chi connectivity index (χ1n) is 9.14. The lowest BCUT2D eigenvalue weighted by molar-refractivity contribution is 0.0600. The Labute approximate surface area is 180 Å². The zero-order valence-corrected chi connectivity index (χ0v) is 17.6. The van der Waals surface area contributed by atoms with E-state index in [1.54, 1.807) is 24.1 Å². The van der Waals surface area contributed by atoms with Gasteiger partial charge in [-0.05, 0) is 59.5 Å². The zero-order valence-electron chi connectivity index (χ0n) is 16.0. The molecule has 29 heavy (non-hydrogen) atoms. The van der Waals surface area contributed by atoms with E-state index < -0.39 is 0 Å². The minimum Gasteiger partial charge on any atom is -0.465 e. The fourth-order valence-electron chi connectivity index (χ4n) is 2.92. The Kier molecular flexibility index (Phi) is 7.72. The van der Waals surface area contributed by atoms with E-state index in [2.05, 4.69) is 4.31 Å². The highest BCUT2D eigenvalue weighted by atomic mass is 35.5. The SMILES string of the molecule is COC(=O)c1ccc(CN(Sc2ccc(Cl)cc2)C(CO)c2ccccc2)cc1. The molecular formula is C23H22ClNO3S. The van der Waals surface area contributed by atoms with Crippen molar-refractivity contribution in [3.63, 3.8) is 0 Å². The molecule has 0 radical (unpaired) electrons. The van der Waals surface area contributed by atoms with Gasteiger partial charge in [0.2, 0.25) is 0 Å². The molecule has 4 nitrogen and oxygen atoms in total. The van der Waals surface area contributed by atoms with Crippen LogP contribution in [0.2, 0.25) is 5.02 Å². The number of nitrogens with zero attached hydrogens (tertiary/aromatic N) is 1. The van der Waals surface area contributed by atoms with Crippen LogP contribution in [-0.2, 0) is 11.3 Å². The van der Waals surface area contributed by atoms with E-state index in [9.17, 15) is 9.90 Å². The molecule has 0 aromatic heterocycles. The van der Waals surface area contributed by atoms with Crippen LogP contribution in [0.5, 0.6) is 0 Å². The van der Waals surface area contributed by atoms with E-state index in [0.29, 0.717) is 17.1 Å². The Morgan fingerprint density at radius 3 is 2.28 bits per heavy atom. The first kappa shape index (κ1) is 21.4. The molecule has 0 aliphatic carbocycles. The van der Waals surface area contributed by atoms with Crippen molar-refractivity contribution in [3.8, 4) is 0 Å². The number of carbonyl (C=O) groups is 1. The normalized spacial score (nSPS) is 12.0. The second kappa shape index (κ2) is 10.5. The maximum Gasteiger partial charge on any atom is 0.337 e. The number of methoxy groups -OCH3 is 1. The van der Waals surface area contributed by atoms with Crippen LogP contribution in [0.4, 0.5) is 0 Å². The number of aliphatic hydroxyl groups excluding tert-OH is 1. The van der Waals surface area contributed by atoms with Gasteiger partial charge < -0.3 is 9.84 Å². The lowest BCUT2D eigenvalue weighted by Crippen LogP contribution is -2.25. The third kappa shape index (κ3) is 5.84. The Bertz CT molecular complexity index is 917. The smallest absolute Gasteiger partial charge is 0.337 e. The summed E-state index contributed by atoms with van der Waals surface area (Å²) in [7, 11) is 1.37. The molecule has 150 valence electrons. The van der Waals surface area contributed by atoms with Gasteiger partial charge in [-0.1, -0.05) is 54.1 Å². The van der Waals surface area contributed by atoms with Crippen molar-refractivity contribution < 1.29 is 14.6 Å². The van der Waals surface area contributed by atoms with E-state index >= 15 is 0 Å². The van der Waals surface area contributed by atoms with Crippen LogP contribution in [0.1, 0.15) is 27.5 Å². The van der Waals surface area contributed by atoms with Gasteiger partial charge in [0.05, 0.1) is 25.3 Å². The van der Waals surface area contributed by atoms with Gasteiger partial charge in [-0.2, -0.15) is 0 Å². The third-order valence-electron chi connectivity index (χ3n) is 4.45. The lowest BCUT2D eigenvalue weighted by Gasteiger charge is -2.30. The first-order chi connectivity index (χ1) is 14.1. The molecule has 1 atom stereocenters. The Hall–Kier alpha value is -2.31. The maximum atomic E-state index is 11.7. The number of halogens is 1. The molecule has 0 amide bonds. The number of ether oxygens (including phenoxy) is 1. The summed E-state index contributed by atoms with van der Waals surface area (Å²) in [5, 5.41) is 10.8. The molecule has 0 saturated carbocycles. The molecule has 1 unspecified atom stereocenters. The zero-order chi connectivity index (χ0) is 20.6. The van der Waals surface area contributed by atoms with Crippen LogP contribution in [0.3, 0.4) is 0 Å². The number of esters is 1. The average Bonchev–Trinajstić information content (AvgIpc) is 2.76. The van der Waals surface area contributed by atoms with E-state index in [0.717, 1.165) is 16.0 Å². The van der Waals surface area contributed by atoms with Crippen molar-refractivity contribution in [3.05, 3.63) is 101 Å². The summed E-state index contributed by atoms with van der Waals surface area (Å²) in [6.07, 6.45) is 0. The van der Waals surface area contributed by atoms with Gasteiger partial charge in [-0.15, -0.1) is 0 Å². The van der Waals surface area contributed by atoms with E-state index in [-0.39, 0.29) is 18.6 Å². The maximum absolute atomic E-state index is 11.7. The van der Waals surface area contributed by atoms with Gasteiger partial charge in [0.1, 0.15) is 0 Å². The fourth-order valence-corrected chi connectivity index (χ4v) is 4.10. The minimum absolute atomic E-state index is 0.0230. The molecule has 0 saturated heterocycles. The third-order valence-corrected chi connectivity index (χ3v) is 5.81. The summed E-state index contributed by atoms with van der Waals surface area (Å²) < 4.78 is 6.89. The largest absolute Gasteiger partial charge is 0.465 e. The van der Waals surface area contributed by atoms with Crippen molar-refractivity contribution >= 4 is 29.5 Å². The molecule has 3 aromatic carbocycles. The Morgan fingerprint density at radius 1 is 1.03 bits per heavy atom. The van der Waals surface area contributed by atoms with Crippen LogP contribution in [0.25, 0.3) is 0 Å². The average molecular weight is 428 g/mol. The highest BCUT2D eigenvalue weighted by Gasteiger charge is 2.21. The highest BCUT2D eigenvalue weighted by Crippen LogP contribution is 2.34. The summed E-state index contributed by atoms with van der Waals surface area (Å²) in [5.41, 5.74) is 2.56. The van der Waals surface area contributed by atoms with Crippen LogP contribution >= 0.6 is 23.5 Å². The van der Waals surface area contributed by atoms with Gasteiger partial charge in [0.25, 0.3) is 0 Å². The Morgan fingerprint density at radius 2 is 1.69 bits per heavy atom. The summed E-state index contributed by atoms with van der Waals surface area (Å²) >= 11 is 7.57. The van der Waals surface area contributed by atoms with Gasteiger partial charge in [-0.3, -0.25) is 0 Å². The number of hydrogen-bond donors (Lipinski definition) is 1. The molecule has 0 aliphatic heterocycles. The van der Waals surface area contributed by atoms with E-state index in [1.165, 1.54) is 7.11 Å². The van der Waals surface area contributed by atoms with Crippen molar-refractivity contribution in [2.24, 2.45) is 0 Å². The lowest BCUT2D eigenvalue weighted by atomic mass is 10.1. The molecule has 0 fully saturated rings. The van der Waals surface area contributed by atoms with Gasteiger partial charge in [-0.25, -0.2) is 9.10 Å². The molecule has 1 N–H and O–H groups in total. The second-order valence-electron chi connectivity index (χ2n) is 6.42. The van der Waals surface area contributed by atoms with Crippen molar-refractivity contribution in [2.45, 2.75) is 17.5 Å². The van der Waals surface area contributed by atoms with E-state index in [4.69, 9.17) is 16.3 Å². The molecule has 3 aromatic rings. The number of benzene rings is 3. The van der Waals surface area contributed by atoms with Crippen LogP contribution in [0.15, 0.2) is 83.8 Å². The summed E-state index contributed by atoms with van der Waals surface area (Å²) in [5.74, 6) is -0.360. The molecule has 3 rings (SSSR count). The van der Waals surface area contributed by atoms with Gasteiger partial charge >= 0.3 is 5.97 Å². The van der Waals surface area contributed by atoms with Crippen molar-refractivity contribution in [2.75, 3.05) is 13.7 Å². The molecule has 0 heterocycles. The number of hydrogen-bond acceptors (Lipinski definition) is 5. The quantitative estimate of drug-likeness (QED) is 0.387. The predicted octanol–water partition coefficient (Wildman–Crippen LogP) is 5.37. The summed E-state index contributed by atoms with van der Waals surface area (Å²) in [4.78, 5) is 12.7.